The molecule has 4 atom stereocenters. The van der Waals surface area contributed by atoms with E-state index < -0.39 is 18.5 Å². The minimum absolute atomic E-state index is 0.0251. The Kier molecular flexibility index (Phi) is 5.95. The van der Waals surface area contributed by atoms with Crippen LogP contribution in [0.4, 0.5) is 5.69 Å². The van der Waals surface area contributed by atoms with Gasteiger partial charge in [0.2, 0.25) is 11.8 Å². The molecular formula is C22H25BrN2O5. The van der Waals surface area contributed by atoms with Crippen LogP contribution < -0.4 is 5.32 Å². The van der Waals surface area contributed by atoms with Crippen LogP contribution >= 0.6 is 15.9 Å². The van der Waals surface area contributed by atoms with Crippen LogP contribution in [0.5, 0.6) is 0 Å². The number of benzene rings is 1. The highest BCUT2D eigenvalue weighted by molar-refractivity contribution is 9.10. The molecule has 0 spiro atoms. The van der Waals surface area contributed by atoms with Crippen LogP contribution in [0, 0.1) is 23.7 Å². The predicted octanol–water partition coefficient (Wildman–Crippen LogP) is 2.91. The fourth-order valence-corrected chi connectivity index (χ4v) is 5.68. The zero-order chi connectivity index (χ0) is 21.4. The molecule has 1 aromatic rings. The van der Waals surface area contributed by atoms with Crippen molar-refractivity contribution in [3.8, 4) is 0 Å². The Morgan fingerprint density at radius 3 is 2.47 bits per heavy atom. The quantitative estimate of drug-likeness (QED) is 0.482. The number of nitrogens with one attached hydrogen (secondary N) is 1. The van der Waals surface area contributed by atoms with Crippen molar-refractivity contribution in [3.63, 3.8) is 0 Å². The maximum Gasteiger partial charge on any atom is 0.308 e. The van der Waals surface area contributed by atoms with Gasteiger partial charge in [-0.25, -0.2) is 0 Å². The van der Waals surface area contributed by atoms with Crippen LogP contribution in [0.1, 0.15) is 38.2 Å². The summed E-state index contributed by atoms with van der Waals surface area (Å²) in [6.07, 6.45) is 3.67. The molecule has 30 heavy (non-hydrogen) atoms. The van der Waals surface area contributed by atoms with E-state index in [1.165, 1.54) is 4.90 Å². The highest BCUT2D eigenvalue weighted by atomic mass is 79.9. The molecule has 3 amide bonds. The van der Waals surface area contributed by atoms with Gasteiger partial charge in [0.25, 0.3) is 5.91 Å². The Morgan fingerprint density at radius 2 is 1.83 bits per heavy atom. The molecule has 2 saturated carbocycles. The molecule has 2 aliphatic carbocycles. The number of amides is 3. The van der Waals surface area contributed by atoms with E-state index in [1.807, 2.05) is 19.1 Å². The summed E-state index contributed by atoms with van der Waals surface area (Å²) in [5.74, 6) is -1.02. The SMILES string of the molecule is CCc1cc(Br)ccc1NC(=O)COC(=O)CCN1C(=O)[C@@H]2[C@H]3CC[C@@H](C3)[C@H]2C1=O. The van der Waals surface area contributed by atoms with Crippen molar-refractivity contribution in [3.05, 3.63) is 28.2 Å². The molecule has 1 N–H and O–H groups in total. The van der Waals surface area contributed by atoms with Gasteiger partial charge in [-0.1, -0.05) is 22.9 Å². The fraction of sp³-hybridized carbons (Fsp3) is 0.545. The molecule has 8 heteroatoms. The van der Waals surface area contributed by atoms with Gasteiger partial charge < -0.3 is 10.1 Å². The molecular weight excluding hydrogens is 452 g/mol. The second-order valence-corrected chi connectivity index (χ2v) is 9.24. The Hall–Kier alpha value is -2.22. The summed E-state index contributed by atoms with van der Waals surface area (Å²) in [6.45, 7) is 1.60. The fourth-order valence-electron chi connectivity index (χ4n) is 5.28. The van der Waals surface area contributed by atoms with Crippen LogP contribution in [-0.2, 0) is 30.3 Å². The third kappa shape index (κ3) is 3.89. The molecule has 7 nitrogen and oxygen atoms in total. The van der Waals surface area contributed by atoms with Crippen LogP contribution in [-0.4, -0.2) is 41.7 Å². The first-order valence-electron chi connectivity index (χ1n) is 10.5. The maximum absolute atomic E-state index is 12.6. The van der Waals surface area contributed by atoms with Crippen molar-refractivity contribution >= 4 is 45.3 Å². The van der Waals surface area contributed by atoms with Crippen molar-refractivity contribution in [2.24, 2.45) is 23.7 Å². The van der Waals surface area contributed by atoms with E-state index in [2.05, 4.69) is 21.2 Å². The van der Waals surface area contributed by atoms with Gasteiger partial charge >= 0.3 is 5.97 Å². The number of rotatable bonds is 7. The second-order valence-electron chi connectivity index (χ2n) is 8.33. The lowest BCUT2D eigenvalue weighted by Crippen LogP contribution is -2.35. The first kappa shape index (κ1) is 21.0. The summed E-state index contributed by atoms with van der Waals surface area (Å²) in [6, 6.07) is 5.54. The minimum atomic E-state index is -0.600. The van der Waals surface area contributed by atoms with Crippen LogP contribution in [0.15, 0.2) is 22.7 Å². The lowest BCUT2D eigenvalue weighted by atomic mass is 9.81. The highest BCUT2D eigenvalue weighted by Crippen LogP contribution is 2.56. The predicted molar refractivity (Wildman–Crippen MR) is 112 cm³/mol. The maximum atomic E-state index is 12.6. The van der Waals surface area contributed by atoms with Gasteiger partial charge in [-0.3, -0.25) is 24.1 Å². The van der Waals surface area contributed by atoms with Gasteiger partial charge in [0.15, 0.2) is 6.61 Å². The summed E-state index contributed by atoms with van der Waals surface area (Å²) in [4.78, 5) is 50.7. The number of aryl methyl sites for hydroxylation is 1. The topological polar surface area (TPSA) is 92.8 Å². The van der Waals surface area contributed by atoms with Crippen molar-refractivity contribution in [1.82, 2.24) is 4.90 Å². The zero-order valence-corrected chi connectivity index (χ0v) is 18.4. The Labute approximate surface area is 183 Å². The average Bonchev–Trinajstić information content (AvgIpc) is 3.40. The third-order valence-corrected chi connectivity index (χ3v) is 7.14. The van der Waals surface area contributed by atoms with Crippen molar-refractivity contribution in [2.75, 3.05) is 18.5 Å². The Morgan fingerprint density at radius 1 is 1.17 bits per heavy atom. The number of hydrogen-bond donors (Lipinski definition) is 1. The molecule has 2 bridgehead atoms. The van der Waals surface area contributed by atoms with E-state index >= 15 is 0 Å². The molecule has 0 aromatic heterocycles. The summed E-state index contributed by atoms with van der Waals surface area (Å²) >= 11 is 3.40. The van der Waals surface area contributed by atoms with E-state index in [-0.39, 0.29) is 36.6 Å². The van der Waals surface area contributed by atoms with Crippen LogP contribution in [0.3, 0.4) is 0 Å². The number of nitrogens with zero attached hydrogens (tertiary/aromatic N) is 1. The number of halogens is 1. The Balaban J connectivity index is 1.24. The lowest BCUT2D eigenvalue weighted by Gasteiger charge is -2.19. The number of carbonyl (C=O) groups is 4. The molecule has 4 rings (SSSR count). The molecule has 3 fully saturated rings. The monoisotopic (exact) mass is 476 g/mol. The van der Waals surface area contributed by atoms with Crippen LogP contribution in [0.2, 0.25) is 0 Å². The van der Waals surface area contributed by atoms with Crippen molar-refractivity contribution in [2.45, 2.75) is 39.0 Å². The molecule has 160 valence electrons. The van der Waals surface area contributed by atoms with Gasteiger partial charge in [-0.15, -0.1) is 0 Å². The Bertz CT molecular complexity index is 874. The normalized spacial score (nSPS) is 26.8. The van der Waals surface area contributed by atoms with E-state index in [9.17, 15) is 19.2 Å². The van der Waals surface area contributed by atoms with Crippen molar-refractivity contribution < 1.29 is 23.9 Å². The van der Waals surface area contributed by atoms with Crippen LogP contribution in [0.25, 0.3) is 0 Å². The van der Waals surface area contributed by atoms with E-state index in [0.29, 0.717) is 17.5 Å². The number of ether oxygens (including phenoxy) is 1. The summed E-state index contributed by atoms with van der Waals surface area (Å²) in [5, 5.41) is 2.74. The lowest BCUT2D eigenvalue weighted by molar-refractivity contribution is -0.149. The van der Waals surface area contributed by atoms with Gasteiger partial charge in [-0.2, -0.15) is 0 Å². The molecule has 1 aliphatic heterocycles. The number of fused-ring (bicyclic) bond motifs is 5. The molecule has 0 radical (unpaired) electrons. The van der Waals surface area contributed by atoms with Gasteiger partial charge in [-0.05, 0) is 61.3 Å². The smallest absolute Gasteiger partial charge is 0.308 e. The number of likely N-dealkylation sites (tertiary alicyclic amines) is 1. The number of hydrogen-bond acceptors (Lipinski definition) is 5. The third-order valence-electron chi connectivity index (χ3n) is 6.64. The van der Waals surface area contributed by atoms with Crippen molar-refractivity contribution in [1.29, 1.82) is 0 Å². The largest absolute Gasteiger partial charge is 0.456 e. The average molecular weight is 477 g/mol. The first-order valence-corrected chi connectivity index (χ1v) is 11.3. The summed E-state index contributed by atoms with van der Waals surface area (Å²) < 4.78 is 5.97. The standard InChI is InChI=1S/C22H25BrN2O5/c1-2-12-10-15(23)5-6-16(12)24-17(26)11-30-18(27)7-8-25-21(28)19-13-3-4-14(9-13)20(19)22(25)29/h5-6,10,13-14,19-20H,2-4,7-9,11H2,1H3,(H,24,26)/t13-,14-,19+,20+/m0/s1. The molecule has 1 heterocycles. The number of imide groups is 1. The van der Waals surface area contributed by atoms with E-state index in [1.54, 1.807) is 6.07 Å². The van der Waals surface area contributed by atoms with Gasteiger partial charge in [0.05, 0.1) is 18.3 Å². The zero-order valence-electron chi connectivity index (χ0n) is 16.9. The first-order chi connectivity index (χ1) is 14.4. The van der Waals surface area contributed by atoms with E-state index in [0.717, 1.165) is 35.7 Å². The number of esters is 1. The highest BCUT2D eigenvalue weighted by Gasteiger charge is 2.60. The number of carbonyl (C=O) groups excluding carboxylic acids is 4. The summed E-state index contributed by atoms with van der Waals surface area (Å²) in [5.41, 5.74) is 1.64. The molecule has 0 unspecified atom stereocenters. The second kappa shape index (κ2) is 8.49. The van der Waals surface area contributed by atoms with Gasteiger partial charge in [0.1, 0.15) is 0 Å². The number of anilines is 1. The minimum Gasteiger partial charge on any atom is -0.456 e. The molecule has 3 aliphatic rings. The molecule has 1 saturated heterocycles. The molecule has 1 aromatic carbocycles. The van der Waals surface area contributed by atoms with Gasteiger partial charge in [0, 0.05) is 16.7 Å². The van der Waals surface area contributed by atoms with E-state index in [4.69, 9.17) is 4.74 Å². The summed E-state index contributed by atoms with van der Waals surface area (Å²) in [7, 11) is 0.